The largest absolute Gasteiger partial charge is 0.497 e. The molecular weight excluding hydrogens is 555 g/mol. The summed E-state index contributed by atoms with van der Waals surface area (Å²) in [7, 11) is 4.67. The normalized spacial score (nSPS) is 10.9. The van der Waals surface area contributed by atoms with Crippen LogP contribution >= 0.6 is 35.3 Å². The average Bonchev–Trinajstić information content (AvgIpc) is 3.31. The summed E-state index contributed by atoms with van der Waals surface area (Å²) in [5, 5.41) is 0.324. The third-order valence-electron chi connectivity index (χ3n) is 5.96. The van der Waals surface area contributed by atoms with Gasteiger partial charge in [0, 0.05) is 11.6 Å². The molecule has 0 amide bonds. The van der Waals surface area contributed by atoms with Crippen molar-refractivity contribution in [1.82, 2.24) is 14.1 Å². The fourth-order valence-corrected chi connectivity index (χ4v) is 6.26. The second-order valence-corrected chi connectivity index (χ2v) is 10.8. The highest BCUT2D eigenvalue weighted by Crippen LogP contribution is 2.34. The van der Waals surface area contributed by atoms with Crippen LogP contribution < -0.4 is 19.8 Å². The number of carbonyl (C=O) groups excluding carboxylic acids is 1. The third-order valence-corrected chi connectivity index (χ3v) is 8.25. The summed E-state index contributed by atoms with van der Waals surface area (Å²) < 4.78 is 20.5. The van der Waals surface area contributed by atoms with Gasteiger partial charge in [-0.15, -0.1) is 0 Å². The second-order valence-electron chi connectivity index (χ2n) is 8.18. The molecule has 0 radical (unpaired) electrons. The minimum Gasteiger partial charge on any atom is -0.497 e. The van der Waals surface area contributed by atoms with Gasteiger partial charge in [0.15, 0.2) is 20.5 Å². The van der Waals surface area contributed by atoms with E-state index in [2.05, 4.69) is 0 Å². The van der Waals surface area contributed by atoms with E-state index in [1.165, 1.54) is 23.4 Å². The van der Waals surface area contributed by atoms with E-state index in [9.17, 15) is 9.59 Å². The number of ketones is 1. The Labute approximate surface area is 237 Å². The highest BCUT2D eigenvalue weighted by atomic mass is 32.2. The summed E-state index contributed by atoms with van der Waals surface area (Å²) in [6.45, 7) is 0. The minimum absolute atomic E-state index is 0.0739. The number of rotatable bonds is 9. The van der Waals surface area contributed by atoms with Gasteiger partial charge in [0.2, 0.25) is 0 Å². The van der Waals surface area contributed by atoms with Gasteiger partial charge in [-0.1, -0.05) is 65.6 Å². The molecule has 11 heteroatoms. The zero-order valence-electron chi connectivity index (χ0n) is 21.2. The number of thiazole rings is 1. The highest BCUT2D eigenvalue weighted by molar-refractivity contribution is 7.99. The molecule has 0 fully saturated rings. The van der Waals surface area contributed by atoms with Crippen molar-refractivity contribution in [2.45, 2.75) is 5.16 Å². The number of ether oxygens (including phenoxy) is 3. The molecule has 0 bridgehead atoms. The molecule has 5 aromatic rings. The molecule has 198 valence electrons. The number of benzene rings is 3. The molecule has 0 aliphatic carbocycles. The molecule has 0 aliphatic rings. The van der Waals surface area contributed by atoms with Gasteiger partial charge in [0.05, 0.1) is 38.5 Å². The summed E-state index contributed by atoms with van der Waals surface area (Å²) in [6, 6.07) is 21.5. The number of Topliss-reactive ketones (excluding diaryl/α,β-unsaturated/α-hetero) is 1. The maximum atomic E-state index is 14.1. The summed E-state index contributed by atoms with van der Waals surface area (Å²) in [4.78, 5) is 32.0. The van der Waals surface area contributed by atoms with Crippen LogP contribution in [0.5, 0.6) is 17.2 Å². The zero-order chi connectivity index (χ0) is 27.5. The molecule has 39 heavy (non-hydrogen) atoms. The van der Waals surface area contributed by atoms with Crippen LogP contribution in [0.4, 0.5) is 0 Å². The Balaban J connectivity index is 1.75. The van der Waals surface area contributed by atoms with Crippen LogP contribution in [0.3, 0.4) is 0 Å². The molecule has 0 saturated carbocycles. The molecule has 0 spiro atoms. The van der Waals surface area contributed by atoms with Gasteiger partial charge in [0.25, 0.3) is 5.56 Å². The SMILES string of the molecule is COc1ccc(OC)c(-n2c(=S)sc3c(=O)n(-c4ccccc4OC)c(SCC(=O)c4ccccc4)nc32)c1. The number of carbonyl (C=O) groups is 1. The first-order chi connectivity index (χ1) is 19.0. The number of hydrogen-bond donors (Lipinski definition) is 0. The van der Waals surface area contributed by atoms with E-state index in [0.717, 1.165) is 11.3 Å². The van der Waals surface area contributed by atoms with E-state index in [0.29, 0.717) is 53.6 Å². The number of aromatic nitrogens is 3. The molecule has 2 aromatic heterocycles. The van der Waals surface area contributed by atoms with E-state index in [1.54, 1.807) is 61.3 Å². The van der Waals surface area contributed by atoms with Gasteiger partial charge in [0.1, 0.15) is 21.9 Å². The van der Waals surface area contributed by atoms with E-state index in [-0.39, 0.29) is 17.1 Å². The van der Waals surface area contributed by atoms with Crippen LogP contribution in [0.25, 0.3) is 21.7 Å². The Morgan fingerprint density at radius 2 is 1.59 bits per heavy atom. The van der Waals surface area contributed by atoms with E-state index < -0.39 is 0 Å². The third kappa shape index (κ3) is 5.08. The molecule has 0 unspecified atom stereocenters. The predicted molar refractivity (Wildman–Crippen MR) is 157 cm³/mol. The molecular formula is C28H23N3O5S3. The number of methoxy groups -OCH3 is 3. The van der Waals surface area contributed by atoms with Gasteiger partial charge >= 0.3 is 0 Å². The first kappa shape index (κ1) is 26.7. The number of thioether (sulfide) groups is 1. The van der Waals surface area contributed by atoms with E-state index in [1.807, 2.05) is 30.3 Å². The van der Waals surface area contributed by atoms with Crippen LogP contribution in [-0.2, 0) is 0 Å². The topological polar surface area (TPSA) is 84.6 Å². The van der Waals surface area contributed by atoms with Gasteiger partial charge in [-0.2, -0.15) is 0 Å². The zero-order valence-corrected chi connectivity index (χ0v) is 23.7. The van der Waals surface area contributed by atoms with Crippen LogP contribution in [0.2, 0.25) is 0 Å². The lowest BCUT2D eigenvalue weighted by atomic mass is 10.2. The Kier molecular flexibility index (Phi) is 7.82. The van der Waals surface area contributed by atoms with Gasteiger partial charge in [-0.05, 0) is 36.5 Å². The van der Waals surface area contributed by atoms with Crippen LogP contribution in [0.15, 0.2) is 82.7 Å². The lowest BCUT2D eigenvalue weighted by Gasteiger charge is -2.16. The number of hydrogen-bond acceptors (Lipinski definition) is 9. The molecule has 0 saturated heterocycles. The molecule has 5 rings (SSSR count). The van der Waals surface area contributed by atoms with Crippen molar-refractivity contribution in [3.05, 3.63) is 92.7 Å². The predicted octanol–water partition coefficient (Wildman–Crippen LogP) is 5.97. The van der Waals surface area contributed by atoms with Crippen LogP contribution in [0.1, 0.15) is 10.4 Å². The maximum absolute atomic E-state index is 14.1. The van der Waals surface area contributed by atoms with Crippen molar-refractivity contribution in [1.29, 1.82) is 0 Å². The van der Waals surface area contributed by atoms with Crippen molar-refractivity contribution in [3.8, 4) is 28.6 Å². The fourth-order valence-electron chi connectivity index (χ4n) is 4.08. The highest BCUT2D eigenvalue weighted by Gasteiger charge is 2.23. The van der Waals surface area contributed by atoms with Crippen molar-refractivity contribution in [2.24, 2.45) is 0 Å². The monoisotopic (exact) mass is 577 g/mol. The van der Waals surface area contributed by atoms with E-state index in [4.69, 9.17) is 31.4 Å². The molecule has 0 N–H and O–H groups in total. The Bertz CT molecular complexity index is 1790. The first-order valence-electron chi connectivity index (χ1n) is 11.7. The standard InChI is InChI=1S/C28H23N3O5S3/c1-34-18-13-14-23(36-3)20(15-18)30-25-24(39-28(30)37)26(33)31(19-11-7-8-12-22(19)35-2)27(29-25)38-16-21(32)17-9-5-4-6-10-17/h4-15H,16H2,1-3H3. The first-order valence-corrected chi connectivity index (χ1v) is 13.9. The lowest BCUT2D eigenvalue weighted by Crippen LogP contribution is -2.22. The molecule has 2 heterocycles. The Morgan fingerprint density at radius 3 is 2.31 bits per heavy atom. The summed E-state index contributed by atoms with van der Waals surface area (Å²) in [5.74, 6) is 1.62. The van der Waals surface area contributed by atoms with Crippen molar-refractivity contribution < 1.29 is 19.0 Å². The Morgan fingerprint density at radius 1 is 0.897 bits per heavy atom. The molecule has 8 nitrogen and oxygen atoms in total. The quantitative estimate of drug-likeness (QED) is 0.0917. The molecule has 0 atom stereocenters. The Hall–Kier alpha value is -3.93. The number of para-hydroxylation sites is 2. The van der Waals surface area contributed by atoms with E-state index >= 15 is 0 Å². The van der Waals surface area contributed by atoms with Gasteiger partial charge < -0.3 is 14.2 Å². The number of fused-ring (bicyclic) bond motifs is 1. The average molecular weight is 578 g/mol. The fraction of sp³-hybridized carbons (Fsp3) is 0.143. The minimum atomic E-state index is -0.323. The molecule has 0 aliphatic heterocycles. The summed E-state index contributed by atoms with van der Waals surface area (Å²) in [6.07, 6.45) is 0. The molecule has 3 aromatic carbocycles. The number of nitrogens with zero attached hydrogens (tertiary/aromatic N) is 3. The van der Waals surface area contributed by atoms with Gasteiger partial charge in [-0.3, -0.25) is 18.7 Å². The van der Waals surface area contributed by atoms with Crippen molar-refractivity contribution >= 4 is 51.4 Å². The van der Waals surface area contributed by atoms with Crippen LogP contribution in [0, 0.1) is 3.95 Å². The summed E-state index contributed by atoms with van der Waals surface area (Å²) in [5.41, 5.74) is 1.72. The van der Waals surface area contributed by atoms with Crippen LogP contribution in [-0.4, -0.2) is 47.0 Å². The smallest absolute Gasteiger partial charge is 0.278 e. The summed E-state index contributed by atoms with van der Waals surface area (Å²) >= 11 is 8.04. The van der Waals surface area contributed by atoms with Gasteiger partial charge in [-0.25, -0.2) is 4.98 Å². The van der Waals surface area contributed by atoms with Crippen molar-refractivity contribution in [3.63, 3.8) is 0 Å². The van der Waals surface area contributed by atoms with Crippen molar-refractivity contribution in [2.75, 3.05) is 27.1 Å². The second kappa shape index (κ2) is 11.4. The maximum Gasteiger partial charge on any atom is 0.278 e. The lowest BCUT2D eigenvalue weighted by molar-refractivity contribution is 0.102.